The maximum Gasteiger partial charge on any atom is 0.338 e. The van der Waals surface area contributed by atoms with Crippen LogP contribution in [0.3, 0.4) is 0 Å². The highest BCUT2D eigenvalue weighted by Gasteiger charge is 2.42. The van der Waals surface area contributed by atoms with Gasteiger partial charge in [-0.25, -0.2) is 9.18 Å². The van der Waals surface area contributed by atoms with Crippen LogP contribution in [0.15, 0.2) is 36.4 Å². The van der Waals surface area contributed by atoms with Crippen molar-refractivity contribution in [1.82, 2.24) is 0 Å². The number of halogens is 1. The van der Waals surface area contributed by atoms with Crippen molar-refractivity contribution in [2.45, 2.75) is 46.5 Å². The van der Waals surface area contributed by atoms with E-state index in [1.165, 1.54) is 12.1 Å². The van der Waals surface area contributed by atoms with Crippen LogP contribution in [0.25, 0.3) is 0 Å². The number of nitrogens with one attached hydrogen (secondary N) is 1. The summed E-state index contributed by atoms with van der Waals surface area (Å²) < 4.78 is 33.1. The molecule has 10 heteroatoms. The second kappa shape index (κ2) is 12.7. The van der Waals surface area contributed by atoms with Gasteiger partial charge < -0.3 is 29.7 Å². The first kappa shape index (κ1) is 29.4. The molecule has 3 N–H and O–H groups in total. The largest absolute Gasteiger partial charge is 0.507 e. The van der Waals surface area contributed by atoms with Gasteiger partial charge in [0.2, 0.25) is 11.6 Å². The molecule has 216 valence electrons. The number of esters is 1. The molecule has 0 unspecified atom stereocenters. The molecule has 0 spiro atoms. The smallest absolute Gasteiger partial charge is 0.338 e. The third kappa shape index (κ3) is 5.68. The number of anilines is 2. The van der Waals surface area contributed by atoms with E-state index in [1.54, 1.807) is 19.1 Å². The van der Waals surface area contributed by atoms with Gasteiger partial charge in [0.15, 0.2) is 17.3 Å². The Labute approximate surface area is 236 Å². The Bertz CT molecular complexity index is 1480. The standard InChI is InChI=1S/C31H32FNO8/c1-4-7-15-40-29-25(32)23-24(28(37)22-20(35)14-13-19(34)21(22)27(23)36)26(30(29)41-16-8-5-2)33-18-11-9-17(10-12-18)31(38)39-6-3/h9-14,33-35H,4-8,15-16H2,1-3H3. The zero-order valence-electron chi connectivity index (χ0n) is 23.1. The predicted octanol–water partition coefficient (Wildman–Crippen LogP) is 6.29. The first-order valence-electron chi connectivity index (χ1n) is 13.6. The monoisotopic (exact) mass is 565 g/mol. The van der Waals surface area contributed by atoms with Crippen LogP contribution in [-0.2, 0) is 4.74 Å². The van der Waals surface area contributed by atoms with Crippen LogP contribution in [-0.4, -0.2) is 47.6 Å². The van der Waals surface area contributed by atoms with Gasteiger partial charge in [-0.05, 0) is 56.2 Å². The van der Waals surface area contributed by atoms with Gasteiger partial charge in [0.25, 0.3) is 0 Å². The van der Waals surface area contributed by atoms with Gasteiger partial charge in [0.1, 0.15) is 11.5 Å². The molecular formula is C31H32FNO8. The molecule has 0 bridgehead atoms. The number of phenols is 2. The topological polar surface area (TPSA) is 131 Å². The molecule has 0 saturated heterocycles. The number of fused-ring (bicyclic) bond motifs is 2. The zero-order chi connectivity index (χ0) is 29.7. The second-order valence-electron chi connectivity index (χ2n) is 9.44. The third-order valence-electron chi connectivity index (χ3n) is 6.58. The molecular weight excluding hydrogens is 533 g/mol. The summed E-state index contributed by atoms with van der Waals surface area (Å²) in [6.07, 6.45) is 2.74. The van der Waals surface area contributed by atoms with Crippen LogP contribution in [0.2, 0.25) is 0 Å². The number of unbranched alkanes of at least 4 members (excludes halogenated alkanes) is 2. The Morgan fingerprint density at radius 1 is 0.780 bits per heavy atom. The van der Waals surface area contributed by atoms with E-state index in [2.05, 4.69) is 5.32 Å². The Morgan fingerprint density at radius 3 is 1.85 bits per heavy atom. The number of benzene rings is 3. The Kier molecular flexibility index (Phi) is 9.11. The first-order chi connectivity index (χ1) is 19.7. The lowest BCUT2D eigenvalue weighted by molar-refractivity contribution is 0.0526. The molecule has 0 heterocycles. The van der Waals surface area contributed by atoms with Gasteiger partial charge in [-0.2, -0.15) is 0 Å². The lowest BCUT2D eigenvalue weighted by Crippen LogP contribution is -2.25. The average molecular weight is 566 g/mol. The highest BCUT2D eigenvalue weighted by atomic mass is 19.1. The summed E-state index contributed by atoms with van der Waals surface area (Å²) in [6.45, 7) is 6.08. The van der Waals surface area contributed by atoms with Gasteiger partial charge in [0.05, 0.1) is 53.3 Å². The fraction of sp³-hybridized carbons (Fsp3) is 0.323. The molecule has 3 aromatic carbocycles. The van der Waals surface area contributed by atoms with Crippen molar-refractivity contribution >= 4 is 28.9 Å². The van der Waals surface area contributed by atoms with E-state index in [0.29, 0.717) is 24.1 Å². The molecule has 0 saturated carbocycles. The van der Waals surface area contributed by atoms with Gasteiger partial charge in [-0.3, -0.25) is 9.59 Å². The molecule has 0 fully saturated rings. The summed E-state index contributed by atoms with van der Waals surface area (Å²) in [7, 11) is 0. The van der Waals surface area contributed by atoms with Crippen molar-refractivity contribution in [3.8, 4) is 23.0 Å². The second-order valence-corrected chi connectivity index (χ2v) is 9.44. The fourth-order valence-corrected chi connectivity index (χ4v) is 4.48. The zero-order valence-corrected chi connectivity index (χ0v) is 23.1. The number of carbonyl (C=O) groups excluding carboxylic acids is 3. The minimum Gasteiger partial charge on any atom is -0.507 e. The molecule has 4 rings (SSSR count). The van der Waals surface area contributed by atoms with E-state index in [1.807, 2.05) is 13.8 Å². The van der Waals surface area contributed by atoms with E-state index in [9.17, 15) is 24.6 Å². The first-order valence-corrected chi connectivity index (χ1v) is 13.6. The van der Waals surface area contributed by atoms with Crippen molar-refractivity contribution in [3.63, 3.8) is 0 Å². The molecule has 0 aliphatic heterocycles. The van der Waals surface area contributed by atoms with Crippen molar-refractivity contribution in [1.29, 1.82) is 0 Å². The fourth-order valence-electron chi connectivity index (χ4n) is 4.48. The summed E-state index contributed by atoms with van der Waals surface area (Å²) >= 11 is 0. The Hall–Kier alpha value is -4.60. The highest BCUT2D eigenvalue weighted by molar-refractivity contribution is 6.32. The van der Waals surface area contributed by atoms with Crippen LogP contribution in [0.4, 0.5) is 15.8 Å². The van der Waals surface area contributed by atoms with Crippen LogP contribution in [0.1, 0.15) is 88.7 Å². The van der Waals surface area contributed by atoms with Gasteiger partial charge in [-0.15, -0.1) is 0 Å². The van der Waals surface area contributed by atoms with E-state index in [0.717, 1.165) is 25.0 Å². The SMILES string of the molecule is CCCCOc1c(F)c2c(c(Nc3ccc(C(=O)OCC)cc3)c1OCCCC)C(=O)c1c(O)ccc(O)c1C2=O. The number of ketones is 2. The van der Waals surface area contributed by atoms with Gasteiger partial charge >= 0.3 is 5.97 Å². The quantitative estimate of drug-likeness (QED) is 0.103. The molecule has 9 nitrogen and oxygen atoms in total. The summed E-state index contributed by atoms with van der Waals surface area (Å²) in [5.41, 5.74) is -1.28. The van der Waals surface area contributed by atoms with Gasteiger partial charge in [0, 0.05) is 5.69 Å². The van der Waals surface area contributed by atoms with E-state index < -0.39 is 51.5 Å². The van der Waals surface area contributed by atoms with Crippen molar-refractivity contribution < 1.29 is 43.2 Å². The molecule has 0 amide bonds. The Balaban J connectivity index is 1.95. The normalized spacial score (nSPS) is 12.0. The number of carbonyl (C=O) groups is 3. The van der Waals surface area contributed by atoms with Crippen LogP contribution >= 0.6 is 0 Å². The predicted molar refractivity (Wildman–Crippen MR) is 150 cm³/mol. The molecule has 0 radical (unpaired) electrons. The van der Waals surface area contributed by atoms with Crippen LogP contribution < -0.4 is 14.8 Å². The summed E-state index contributed by atoms with van der Waals surface area (Å²) in [5.74, 6) is -5.04. The summed E-state index contributed by atoms with van der Waals surface area (Å²) in [6, 6.07) is 8.29. The molecule has 41 heavy (non-hydrogen) atoms. The van der Waals surface area contributed by atoms with E-state index in [4.69, 9.17) is 14.2 Å². The number of ether oxygens (including phenoxy) is 3. The minimum absolute atomic E-state index is 0.0420. The van der Waals surface area contributed by atoms with E-state index >= 15 is 4.39 Å². The average Bonchev–Trinajstić information content (AvgIpc) is 2.96. The molecule has 1 aliphatic rings. The van der Waals surface area contributed by atoms with Crippen molar-refractivity contribution in [2.75, 3.05) is 25.1 Å². The highest BCUT2D eigenvalue weighted by Crippen LogP contribution is 2.49. The van der Waals surface area contributed by atoms with Crippen LogP contribution in [0, 0.1) is 5.82 Å². The summed E-state index contributed by atoms with van der Waals surface area (Å²) in [4.78, 5) is 39.6. The maximum absolute atomic E-state index is 16.2. The molecule has 1 aliphatic carbocycles. The van der Waals surface area contributed by atoms with E-state index in [-0.39, 0.29) is 42.6 Å². The van der Waals surface area contributed by atoms with Crippen LogP contribution in [0.5, 0.6) is 23.0 Å². The number of hydrogen-bond donors (Lipinski definition) is 3. The number of rotatable bonds is 12. The minimum atomic E-state index is -1.10. The lowest BCUT2D eigenvalue weighted by atomic mass is 9.81. The molecule has 0 aromatic heterocycles. The molecule has 0 atom stereocenters. The molecule has 3 aromatic rings. The summed E-state index contributed by atoms with van der Waals surface area (Å²) in [5, 5.41) is 24.0. The number of hydrogen-bond acceptors (Lipinski definition) is 9. The third-order valence-corrected chi connectivity index (χ3v) is 6.58. The van der Waals surface area contributed by atoms with Gasteiger partial charge in [-0.1, -0.05) is 26.7 Å². The van der Waals surface area contributed by atoms with Crippen molar-refractivity contribution in [3.05, 3.63) is 70.0 Å². The number of phenolic OH excluding ortho intramolecular Hbond substituents is 2. The maximum atomic E-state index is 16.2. The lowest BCUT2D eigenvalue weighted by Gasteiger charge is -2.27. The van der Waals surface area contributed by atoms with Crippen molar-refractivity contribution in [2.24, 2.45) is 0 Å². The number of aromatic hydroxyl groups is 2. The Morgan fingerprint density at radius 2 is 1.32 bits per heavy atom.